The summed E-state index contributed by atoms with van der Waals surface area (Å²) in [7, 11) is 0. The zero-order chi connectivity index (χ0) is 12.5. The molecule has 3 rings (SSSR count). The first-order valence-corrected chi connectivity index (χ1v) is 6.80. The number of carbonyl (C=O) groups excluding carboxylic acids is 1. The number of anilines is 1. The normalized spacial score (nSPS) is 27.1. The maximum absolute atomic E-state index is 12.6. The maximum Gasteiger partial charge on any atom is 0.256 e. The molecule has 1 amide bonds. The van der Waals surface area contributed by atoms with Gasteiger partial charge in [0.15, 0.2) is 0 Å². The molecule has 0 radical (unpaired) electrons. The molecule has 0 aliphatic carbocycles. The number of fused-ring (bicyclic) bond motifs is 1. The standard InChI is InChI=1S/C15H19NO2/c1-11-8-9-12-5-2-3-6-13(12)16(11)15(17)14-7-4-10-18-14/h2-3,5-6,11,14H,4,7-10H2,1H3. The van der Waals surface area contributed by atoms with Crippen LogP contribution in [0.5, 0.6) is 0 Å². The molecule has 2 aliphatic rings. The lowest BCUT2D eigenvalue weighted by molar-refractivity contribution is -0.127. The molecule has 2 heterocycles. The van der Waals surface area contributed by atoms with Crippen molar-refractivity contribution in [2.24, 2.45) is 0 Å². The Morgan fingerprint density at radius 2 is 2.17 bits per heavy atom. The number of rotatable bonds is 1. The van der Waals surface area contributed by atoms with E-state index in [2.05, 4.69) is 19.1 Å². The number of amides is 1. The van der Waals surface area contributed by atoms with E-state index in [0.717, 1.165) is 38.0 Å². The van der Waals surface area contributed by atoms with Gasteiger partial charge >= 0.3 is 0 Å². The summed E-state index contributed by atoms with van der Waals surface area (Å²) in [6.45, 7) is 2.85. The van der Waals surface area contributed by atoms with E-state index < -0.39 is 0 Å². The molecule has 0 aromatic heterocycles. The van der Waals surface area contributed by atoms with Crippen LogP contribution in [0.25, 0.3) is 0 Å². The summed E-state index contributed by atoms with van der Waals surface area (Å²) < 4.78 is 5.54. The summed E-state index contributed by atoms with van der Waals surface area (Å²) in [4.78, 5) is 14.5. The summed E-state index contributed by atoms with van der Waals surface area (Å²) in [6, 6.07) is 8.50. The van der Waals surface area contributed by atoms with Gasteiger partial charge in [-0.25, -0.2) is 0 Å². The van der Waals surface area contributed by atoms with E-state index in [1.54, 1.807) is 0 Å². The number of nitrogens with zero attached hydrogens (tertiary/aromatic N) is 1. The van der Waals surface area contributed by atoms with E-state index in [1.807, 2.05) is 17.0 Å². The molecule has 1 aromatic rings. The Hall–Kier alpha value is -1.35. The van der Waals surface area contributed by atoms with Gasteiger partial charge in [0.1, 0.15) is 6.10 Å². The highest BCUT2D eigenvalue weighted by atomic mass is 16.5. The van der Waals surface area contributed by atoms with E-state index in [-0.39, 0.29) is 18.1 Å². The highest BCUT2D eigenvalue weighted by molar-refractivity contribution is 5.98. The van der Waals surface area contributed by atoms with Gasteiger partial charge in [0.2, 0.25) is 0 Å². The molecule has 0 saturated carbocycles. The fourth-order valence-electron chi connectivity index (χ4n) is 2.95. The summed E-state index contributed by atoms with van der Waals surface area (Å²) >= 11 is 0. The van der Waals surface area contributed by atoms with Crippen molar-refractivity contribution in [1.82, 2.24) is 0 Å². The van der Waals surface area contributed by atoms with Crippen LogP contribution in [-0.2, 0) is 16.0 Å². The third kappa shape index (κ3) is 1.93. The first-order chi connectivity index (χ1) is 8.77. The number of hydrogen-bond acceptors (Lipinski definition) is 2. The van der Waals surface area contributed by atoms with Gasteiger partial charge in [-0.15, -0.1) is 0 Å². The highest BCUT2D eigenvalue weighted by Gasteiger charge is 2.34. The molecular weight excluding hydrogens is 226 g/mol. The van der Waals surface area contributed by atoms with E-state index in [4.69, 9.17) is 4.74 Å². The third-order valence-corrected chi connectivity index (χ3v) is 3.97. The largest absolute Gasteiger partial charge is 0.368 e. The van der Waals surface area contributed by atoms with Crippen LogP contribution >= 0.6 is 0 Å². The summed E-state index contributed by atoms with van der Waals surface area (Å²) in [5.74, 6) is 0.146. The molecule has 0 bridgehead atoms. The highest BCUT2D eigenvalue weighted by Crippen LogP contribution is 2.32. The van der Waals surface area contributed by atoms with Crippen molar-refractivity contribution in [2.75, 3.05) is 11.5 Å². The van der Waals surface area contributed by atoms with E-state index in [9.17, 15) is 4.79 Å². The maximum atomic E-state index is 12.6. The van der Waals surface area contributed by atoms with E-state index in [1.165, 1.54) is 5.56 Å². The number of para-hydroxylation sites is 1. The zero-order valence-electron chi connectivity index (χ0n) is 10.8. The molecule has 0 N–H and O–H groups in total. The minimum absolute atomic E-state index is 0.146. The lowest BCUT2D eigenvalue weighted by atomic mass is 9.96. The zero-order valence-corrected chi connectivity index (χ0v) is 10.8. The van der Waals surface area contributed by atoms with Crippen molar-refractivity contribution < 1.29 is 9.53 Å². The van der Waals surface area contributed by atoms with Gasteiger partial charge in [0.05, 0.1) is 0 Å². The predicted molar refractivity (Wildman–Crippen MR) is 70.7 cm³/mol. The molecule has 1 fully saturated rings. The van der Waals surface area contributed by atoms with Crippen LogP contribution < -0.4 is 4.90 Å². The first-order valence-electron chi connectivity index (χ1n) is 6.80. The smallest absolute Gasteiger partial charge is 0.256 e. The molecule has 96 valence electrons. The van der Waals surface area contributed by atoms with Crippen LogP contribution in [0.1, 0.15) is 31.7 Å². The van der Waals surface area contributed by atoms with Gasteiger partial charge in [-0.2, -0.15) is 0 Å². The quantitative estimate of drug-likeness (QED) is 0.761. The Kier molecular flexibility index (Phi) is 3.08. The Bertz CT molecular complexity index is 452. The van der Waals surface area contributed by atoms with Gasteiger partial charge in [-0.1, -0.05) is 18.2 Å². The second-order valence-electron chi connectivity index (χ2n) is 5.23. The lowest BCUT2D eigenvalue weighted by Crippen LogP contribution is -2.47. The number of aryl methyl sites for hydroxylation is 1. The average molecular weight is 245 g/mol. The Morgan fingerprint density at radius 3 is 2.94 bits per heavy atom. The van der Waals surface area contributed by atoms with Crippen molar-refractivity contribution >= 4 is 11.6 Å². The van der Waals surface area contributed by atoms with Crippen LogP contribution in [0.15, 0.2) is 24.3 Å². The third-order valence-electron chi connectivity index (χ3n) is 3.97. The Balaban J connectivity index is 1.92. The van der Waals surface area contributed by atoms with Gasteiger partial charge in [0.25, 0.3) is 5.91 Å². The van der Waals surface area contributed by atoms with Gasteiger partial charge in [-0.05, 0) is 44.2 Å². The minimum atomic E-state index is -0.224. The molecule has 2 aliphatic heterocycles. The van der Waals surface area contributed by atoms with Gasteiger partial charge < -0.3 is 9.64 Å². The number of benzene rings is 1. The van der Waals surface area contributed by atoms with Crippen molar-refractivity contribution in [3.05, 3.63) is 29.8 Å². The van der Waals surface area contributed by atoms with Crippen molar-refractivity contribution in [1.29, 1.82) is 0 Å². The second kappa shape index (κ2) is 4.73. The fraction of sp³-hybridized carbons (Fsp3) is 0.533. The minimum Gasteiger partial charge on any atom is -0.368 e. The summed E-state index contributed by atoms with van der Waals surface area (Å²) in [5, 5.41) is 0. The molecule has 3 heteroatoms. The predicted octanol–water partition coefficient (Wildman–Crippen LogP) is 2.53. The topological polar surface area (TPSA) is 29.5 Å². The second-order valence-corrected chi connectivity index (χ2v) is 5.23. The molecule has 18 heavy (non-hydrogen) atoms. The summed E-state index contributed by atoms with van der Waals surface area (Å²) in [6.07, 6.45) is 3.74. The number of carbonyl (C=O) groups is 1. The average Bonchev–Trinajstić information content (AvgIpc) is 2.92. The van der Waals surface area contributed by atoms with Crippen LogP contribution in [0.2, 0.25) is 0 Å². The monoisotopic (exact) mass is 245 g/mol. The number of ether oxygens (including phenoxy) is 1. The van der Waals surface area contributed by atoms with Crippen LogP contribution in [0.4, 0.5) is 5.69 Å². The molecule has 2 atom stereocenters. The molecular formula is C15H19NO2. The van der Waals surface area contributed by atoms with Crippen molar-refractivity contribution in [3.8, 4) is 0 Å². The molecule has 0 spiro atoms. The fourth-order valence-corrected chi connectivity index (χ4v) is 2.95. The summed E-state index contributed by atoms with van der Waals surface area (Å²) in [5.41, 5.74) is 2.36. The molecule has 2 unspecified atom stereocenters. The Labute approximate surface area is 108 Å². The Morgan fingerprint density at radius 1 is 1.33 bits per heavy atom. The molecule has 1 aromatic carbocycles. The van der Waals surface area contributed by atoms with E-state index >= 15 is 0 Å². The van der Waals surface area contributed by atoms with Gasteiger partial charge in [-0.3, -0.25) is 4.79 Å². The number of hydrogen-bond donors (Lipinski definition) is 0. The van der Waals surface area contributed by atoms with Crippen LogP contribution in [0.3, 0.4) is 0 Å². The van der Waals surface area contributed by atoms with Crippen LogP contribution in [0, 0.1) is 0 Å². The molecule has 3 nitrogen and oxygen atoms in total. The first kappa shape index (κ1) is 11.7. The lowest BCUT2D eigenvalue weighted by Gasteiger charge is -2.36. The SMILES string of the molecule is CC1CCc2ccccc2N1C(=O)C1CCCO1. The van der Waals surface area contributed by atoms with E-state index in [0.29, 0.717) is 0 Å². The molecule has 1 saturated heterocycles. The van der Waals surface area contributed by atoms with Gasteiger partial charge in [0, 0.05) is 18.3 Å². The van der Waals surface area contributed by atoms with Crippen LogP contribution in [-0.4, -0.2) is 24.7 Å². The van der Waals surface area contributed by atoms with Crippen molar-refractivity contribution in [3.63, 3.8) is 0 Å². The van der Waals surface area contributed by atoms with Crippen molar-refractivity contribution in [2.45, 2.75) is 44.8 Å².